The van der Waals surface area contributed by atoms with Gasteiger partial charge in [-0.1, -0.05) is 36.4 Å². The lowest BCUT2D eigenvalue weighted by molar-refractivity contribution is 0.929. The minimum atomic E-state index is 1.19. The highest BCUT2D eigenvalue weighted by Gasteiger charge is 2.20. The van der Waals surface area contributed by atoms with Gasteiger partial charge in [0.15, 0.2) is 0 Å². The summed E-state index contributed by atoms with van der Waals surface area (Å²) < 4.78 is 2.16. The van der Waals surface area contributed by atoms with Gasteiger partial charge in [-0.2, -0.15) is 0 Å². The van der Waals surface area contributed by atoms with E-state index in [0.717, 1.165) is 0 Å². The van der Waals surface area contributed by atoms with Gasteiger partial charge >= 0.3 is 0 Å². The van der Waals surface area contributed by atoms with Crippen molar-refractivity contribution in [2.45, 2.75) is 13.8 Å². The normalized spacial score (nSPS) is 11.7. The third-order valence-corrected chi connectivity index (χ3v) is 5.28. The lowest BCUT2D eigenvalue weighted by Crippen LogP contribution is -1.83. The van der Waals surface area contributed by atoms with E-state index in [1.54, 1.807) is 0 Å². The molecule has 3 heteroatoms. The second-order valence-electron chi connectivity index (χ2n) is 7.09. The monoisotopic (exact) mass is 339 g/mol. The highest BCUT2D eigenvalue weighted by molar-refractivity contribution is 6.06. The molecule has 5 aromatic rings. The van der Waals surface area contributed by atoms with Gasteiger partial charge in [0, 0.05) is 74.9 Å². The van der Waals surface area contributed by atoms with Crippen molar-refractivity contribution in [3.05, 3.63) is 72.3 Å². The van der Waals surface area contributed by atoms with Crippen molar-refractivity contribution in [3.8, 4) is 22.3 Å². The van der Waals surface area contributed by atoms with Crippen LogP contribution >= 0.6 is 0 Å². The van der Waals surface area contributed by atoms with E-state index >= 15 is 0 Å². The molecule has 3 aromatic heterocycles. The van der Waals surface area contributed by atoms with Crippen LogP contribution in [-0.4, -0.2) is 14.5 Å². The van der Waals surface area contributed by atoms with Crippen LogP contribution in [0.2, 0.25) is 0 Å². The molecule has 0 radical (unpaired) electrons. The Morgan fingerprint density at radius 1 is 0.654 bits per heavy atom. The van der Waals surface area contributed by atoms with Gasteiger partial charge in [0.05, 0.1) is 0 Å². The van der Waals surface area contributed by atoms with Gasteiger partial charge in [-0.15, -0.1) is 0 Å². The molecule has 0 amide bonds. The average Bonchev–Trinajstić information content (AvgIpc) is 3.25. The first-order chi connectivity index (χ1) is 12.6. The fraction of sp³-hybridized carbons (Fsp3) is 0.130. The Morgan fingerprint density at radius 3 is 1.54 bits per heavy atom. The Morgan fingerprint density at radius 2 is 1.08 bits per heavy atom. The third kappa shape index (κ3) is 2.07. The van der Waals surface area contributed by atoms with Gasteiger partial charge in [-0.3, -0.25) is 0 Å². The molecule has 0 aliphatic carbocycles. The molecule has 2 aromatic carbocycles. The molecule has 0 aliphatic rings. The van der Waals surface area contributed by atoms with Crippen molar-refractivity contribution in [1.82, 2.24) is 14.5 Å². The van der Waals surface area contributed by atoms with Gasteiger partial charge in [0.1, 0.15) is 0 Å². The van der Waals surface area contributed by atoms with E-state index in [0.29, 0.717) is 0 Å². The topological polar surface area (TPSA) is 36.5 Å². The number of benzene rings is 2. The molecule has 3 nitrogen and oxygen atoms in total. The zero-order valence-corrected chi connectivity index (χ0v) is 15.2. The number of aryl methyl sites for hydroxylation is 3. The number of H-pyrrole nitrogens is 2. The molecule has 0 saturated heterocycles. The molecule has 0 saturated carbocycles. The standard InChI is InChI=1S/C23H21N3/c1-14-22(16-8-4-6-10-20(16)24-14)18-12-26(3)13-19(18)23-15(2)25-21-11-7-5-9-17(21)23/h4-13,24-25H,1-3H3. The van der Waals surface area contributed by atoms with Crippen LogP contribution < -0.4 is 0 Å². The summed E-state index contributed by atoms with van der Waals surface area (Å²) in [5, 5.41) is 2.55. The number of hydrogen-bond acceptors (Lipinski definition) is 0. The second kappa shape index (κ2) is 5.40. The molecule has 0 unspecified atom stereocenters. The maximum absolute atomic E-state index is 3.54. The molecular weight excluding hydrogens is 318 g/mol. The summed E-state index contributed by atoms with van der Waals surface area (Å²) in [7, 11) is 2.10. The molecule has 26 heavy (non-hydrogen) atoms. The van der Waals surface area contributed by atoms with Gasteiger partial charge < -0.3 is 14.5 Å². The quantitative estimate of drug-likeness (QED) is 0.399. The zero-order chi connectivity index (χ0) is 17.8. The molecule has 0 fully saturated rings. The molecule has 0 bridgehead atoms. The largest absolute Gasteiger partial charge is 0.358 e. The Bertz CT molecular complexity index is 1170. The van der Waals surface area contributed by atoms with Gasteiger partial charge in [0.25, 0.3) is 0 Å². The number of rotatable bonds is 2. The number of nitrogens with one attached hydrogen (secondary N) is 2. The Balaban J connectivity index is 1.86. The summed E-state index contributed by atoms with van der Waals surface area (Å²) in [4.78, 5) is 7.08. The molecule has 5 rings (SSSR count). The van der Waals surface area contributed by atoms with E-state index in [2.05, 4.69) is 96.4 Å². The first-order valence-corrected chi connectivity index (χ1v) is 8.95. The van der Waals surface area contributed by atoms with E-state index in [4.69, 9.17) is 0 Å². The molecule has 0 atom stereocenters. The van der Waals surface area contributed by atoms with Crippen molar-refractivity contribution in [2.24, 2.45) is 7.05 Å². The summed E-state index contributed by atoms with van der Waals surface area (Å²) in [6.07, 6.45) is 4.47. The molecular formula is C23H21N3. The summed E-state index contributed by atoms with van der Waals surface area (Å²) in [6.45, 7) is 4.32. The molecule has 3 heterocycles. The van der Waals surface area contributed by atoms with Crippen LogP contribution in [0.15, 0.2) is 60.9 Å². The molecule has 128 valence electrons. The van der Waals surface area contributed by atoms with Crippen molar-refractivity contribution in [3.63, 3.8) is 0 Å². The average molecular weight is 339 g/mol. The summed E-state index contributed by atoms with van der Waals surface area (Å²) in [5.41, 5.74) is 9.91. The zero-order valence-electron chi connectivity index (χ0n) is 15.2. The lowest BCUT2D eigenvalue weighted by atomic mass is 9.95. The summed E-state index contributed by atoms with van der Waals surface area (Å²) in [5.74, 6) is 0. The smallest absolute Gasteiger partial charge is 0.0462 e. The van der Waals surface area contributed by atoms with Crippen LogP contribution in [0.3, 0.4) is 0 Å². The van der Waals surface area contributed by atoms with Crippen molar-refractivity contribution in [2.75, 3.05) is 0 Å². The van der Waals surface area contributed by atoms with Gasteiger partial charge in [-0.25, -0.2) is 0 Å². The summed E-state index contributed by atoms with van der Waals surface area (Å²) >= 11 is 0. The lowest BCUT2D eigenvalue weighted by Gasteiger charge is -2.06. The Kier molecular flexibility index (Phi) is 3.13. The van der Waals surface area contributed by atoms with E-state index < -0.39 is 0 Å². The van der Waals surface area contributed by atoms with Crippen molar-refractivity contribution < 1.29 is 0 Å². The number of aromatic amines is 2. The van der Waals surface area contributed by atoms with Crippen LogP contribution in [0, 0.1) is 13.8 Å². The number of para-hydroxylation sites is 2. The van der Waals surface area contributed by atoms with Crippen LogP contribution in [0.25, 0.3) is 44.1 Å². The maximum atomic E-state index is 3.54. The minimum absolute atomic E-state index is 1.19. The molecule has 0 spiro atoms. The highest BCUT2D eigenvalue weighted by atomic mass is 14.9. The first kappa shape index (κ1) is 15.1. The van der Waals surface area contributed by atoms with Crippen molar-refractivity contribution in [1.29, 1.82) is 0 Å². The van der Waals surface area contributed by atoms with E-state index in [9.17, 15) is 0 Å². The number of fused-ring (bicyclic) bond motifs is 2. The maximum Gasteiger partial charge on any atom is 0.0462 e. The van der Waals surface area contributed by atoms with Gasteiger partial charge in [-0.05, 0) is 26.0 Å². The Hall–Kier alpha value is -3.20. The first-order valence-electron chi connectivity index (χ1n) is 8.95. The number of hydrogen-bond donors (Lipinski definition) is 2. The molecule has 0 aliphatic heterocycles. The fourth-order valence-electron chi connectivity index (χ4n) is 4.23. The van der Waals surface area contributed by atoms with Crippen LogP contribution in [0.5, 0.6) is 0 Å². The predicted octanol–water partition coefficient (Wildman–Crippen LogP) is 5.94. The van der Waals surface area contributed by atoms with Gasteiger partial charge in [0.2, 0.25) is 0 Å². The molecule has 2 N–H and O–H groups in total. The Labute approximate surface area is 152 Å². The van der Waals surface area contributed by atoms with Crippen molar-refractivity contribution >= 4 is 21.8 Å². The summed E-state index contributed by atoms with van der Waals surface area (Å²) in [6, 6.07) is 17.1. The van der Waals surface area contributed by atoms with E-state index in [1.807, 2.05) is 0 Å². The van der Waals surface area contributed by atoms with Crippen LogP contribution in [0.4, 0.5) is 0 Å². The fourth-order valence-corrected chi connectivity index (χ4v) is 4.23. The van der Waals surface area contributed by atoms with E-state index in [1.165, 1.54) is 55.4 Å². The number of aromatic nitrogens is 3. The van der Waals surface area contributed by atoms with E-state index in [-0.39, 0.29) is 0 Å². The number of nitrogens with zero attached hydrogens (tertiary/aromatic N) is 1. The van der Waals surface area contributed by atoms with Crippen LogP contribution in [0.1, 0.15) is 11.4 Å². The SMILES string of the molecule is Cc1[nH]c2ccccc2c1-c1cn(C)cc1-c1c(C)[nH]c2ccccc12. The highest BCUT2D eigenvalue weighted by Crippen LogP contribution is 2.42. The third-order valence-electron chi connectivity index (χ3n) is 5.28. The predicted molar refractivity (Wildman–Crippen MR) is 109 cm³/mol. The van der Waals surface area contributed by atoms with Crippen LogP contribution in [-0.2, 0) is 7.05 Å². The minimum Gasteiger partial charge on any atom is -0.358 e. The second-order valence-corrected chi connectivity index (χ2v) is 7.09.